The average molecular weight is 679 g/mol. The molecule has 9 unspecified atom stereocenters. The highest BCUT2D eigenvalue weighted by molar-refractivity contribution is 5.90. The van der Waals surface area contributed by atoms with Gasteiger partial charge in [0.05, 0.1) is 17.4 Å². The molecule has 5 aliphatic rings. The molecule has 2 N–H and O–H groups in total. The number of carboxylic acids is 2. The van der Waals surface area contributed by atoms with Gasteiger partial charge < -0.3 is 14.9 Å². The average Bonchev–Trinajstić information content (AvgIpc) is 3.40. The Morgan fingerprint density at radius 1 is 0.898 bits per heavy atom. The fourth-order valence-corrected chi connectivity index (χ4v) is 13.5. The molecule has 0 spiro atoms. The Morgan fingerprint density at radius 2 is 1.59 bits per heavy atom. The van der Waals surface area contributed by atoms with Gasteiger partial charge in [-0.2, -0.15) is 0 Å². The predicted molar refractivity (Wildman–Crippen MR) is 187 cm³/mol. The van der Waals surface area contributed by atoms with Crippen molar-refractivity contribution >= 4 is 17.9 Å². The van der Waals surface area contributed by atoms with Crippen molar-refractivity contribution in [3.05, 3.63) is 47.3 Å². The molecule has 0 radical (unpaired) electrons. The van der Waals surface area contributed by atoms with E-state index in [4.69, 9.17) is 4.74 Å². The van der Waals surface area contributed by atoms with Gasteiger partial charge in [0.1, 0.15) is 11.9 Å². The summed E-state index contributed by atoms with van der Waals surface area (Å²) in [5, 5.41) is 19.9. The van der Waals surface area contributed by atoms with Crippen molar-refractivity contribution in [3.8, 4) is 0 Å². The molecular weight excluding hydrogens is 619 g/mol. The summed E-state index contributed by atoms with van der Waals surface area (Å²) >= 11 is 0. The first kappa shape index (κ1) is 36.1. The van der Waals surface area contributed by atoms with Crippen molar-refractivity contribution in [1.82, 2.24) is 0 Å². The summed E-state index contributed by atoms with van der Waals surface area (Å²) < 4.78 is 21.1. The van der Waals surface area contributed by atoms with E-state index in [1.54, 1.807) is 13.8 Å². The van der Waals surface area contributed by atoms with Crippen LogP contribution in [0.4, 0.5) is 4.39 Å². The van der Waals surface area contributed by atoms with Crippen LogP contribution in [-0.2, 0) is 19.7 Å². The van der Waals surface area contributed by atoms with E-state index in [1.165, 1.54) is 18.2 Å². The molecule has 49 heavy (non-hydrogen) atoms. The zero-order valence-corrected chi connectivity index (χ0v) is 31.1. The van der Waals surface area contributed by atoms with Gasteiger partial charge in [0.2, 0.25) is 0 Å². The van der Waals surface area contributed by atoms with Gasteiger partial charge in [-0.05, 0) is 160 Å². The Balaban J connectivity index is 1.33. The molecule has 5 aliphatic carbocycles. The molecule has 7 heteroatoms. The normalized spacial score (nSPS) is 41.0. The quantitative estimate of drug-likeness (QED) is 0.220. The second kappa shape index (κ2) is 11.7. The fraction of sp³-hybridized carbons (Fsp3) is 0.738. The molecular formula is C42H59FO6. The lowest BCUT2D eigenvalue weighted by Gasteiger charge is -2.73. The number of esters is 1. The zero-order chi connectivity index (χ0) is 36.1. The maximum absolute atomic E-state index is 15.0. The zero-order valence-electron chi connectivity index (χ0n) is 31.1. The summed E-state index contributed by atoms with van der Waals surface area (Å²) in [7, 11) is 0. The first-order chi connectivity index (χ1) is 22.7. The second-order valence-electron chi connectivity index (χ2n) is 19.0. The van der Waals surface area contributed by atoms with Crippen LogP contribution < -0.4 is 0 Å². The number of halogens is 1. The first-order valence-corrected chi connectivity index (χ1v) is 18.8. The minimum absolute atomic E-state index is 0.0304. The maximum Gasteiger partial charge on any atom is 0.335 e. The summed E-state index contributed by atoms with van der Waals surface area (Å²) in [5.41, 5.74) is 0.455. The number of benzene rings is 1. The minimum Gasteiger partial charge on any atom is -0.481 e. The Morgan fingerprint density at radius 3 is 2.22 bits per heavy atom. The summed E-state index contributed by atoms with van der Waals surface area (Å²) in [6, 6.07) is 4.30. The third kappa shape index (κ3) is 5.16. The number of aromatic carboxylic acids is 1. The van der Waals surface area contributed by atoms with Crippen LogP contribution in [0.15, 0.2) is 30.4 Å². The van der Waals surface area contributed by atoms with E-state index < -0.39 is 23.3 Å². The van der Waals surface area contributed by atoms with Crippen LogP contribution in [0.25, 0.3) is 0 Å². The van der Waals surface area contributed by atoms with Gasteiger partial charge in [0, 0.05) is 5.41 Å². The van der Waals surface area contributed by atoms with Crippen LogP contribution in [0, 0.1) is 62.5 Å². The van der Waals surface area contributed by atoms with E-state index in [9.17, 15) is 29.0 Å². The van der Waals surface area contributed by atoms with Gasteiger partial charge in [-0.3, -0.25) is 9.59 Å². The molecule has 0 saturated heterocycles. The van der Waals surface area contributed by atoms with Crippen LogP contribution in [0.2, 0.25) is 0 Å². The number of carbonyl (C=O) groups is 3. The Labute approximate surface area is 292 Å². The Kier molecular flexibility index (Phi) is 8.59. The predicted octanol–water partition coefficient (Wildman–Crippen LogP) is 9.85. The topological polar surface area (TPSA) is 101 Å². The molecule has 0 bridgehead atoms. The van der Waals surface area contributed by atoms with Gasteiger partial charge >= 0.3 is 17.9 Å². The number of fused-ring (bicyclic) bond motifs is 7. The Hall–Kier alpha value is -2.70. The van der Waals surface area contributed by atoms with Crippen LogP contribution in [0.3, 0.4) is 0 Å². The highest BCUT2D eigenvalue weighted by atomic mass is 19.1. The van der Waals surface area contributed by atoms with Crippen molar-refractivity contribution in [3.63, 3.8) is 0 Å². The Bertz CT molecular complexity index is 1560. The molecule has 5 saturated carbocycles. The standard InChI is InChI=1S/C42H59FO6/c1-24(2)26-14-19-42(29-22-25(43)10-11-27(29)35(45)46)21-20-40(8)28(34(26)42)12-13-31-39(7)17-16-32(49-33(44)23-37(3,4)36(47)48)38(5,6)30(39)15-18-41(31,40)9/h10-11,22,26,28,30-32,34H,1,12-21,23H2,2-9H3,(H,45,46)(H,47,48)/t26?,28?,30?,31?,32?,34?,39?,40-,41?,42?/m1/s1. The number of hydrogen-bond acceptors (Lipinski definition) is 4. The van der Waals surface area contributed by atoms with Gasteiger partial charge in [0.25, 0.3) is 0 Å². The third-order valence-corrected chi connectivity index (χ3v) is 16.2. The third-order valence-electron chi connectivity index (χ3n) is 16.2. The fourth-order valence-electron chi connectivity index (χ4n) is 13.5. The van der Waals surface area contributed by atoms with Gasteiger partial charge in [-0.1, -0.05) is 46.8 Å². The van der Waals surface area contributed by atoms with Crippen molar-refractivity contribution in [2.45, 2.75) is 138 Å². The van der Waals surface area contributed by atoms with E-state index >= 15 is 0 Å². The molecule has 5 fully saturated rings. The lowest BCUT2D eigenvalue weighted by molar-refractivity contribution is -0.246. The maximum atomic E-state index is 15.0. The van der Waals surface area contributed by atoms with Crippen LogP contribution in [-0.4, -0.2) is 34.2 Å². The van der Waals surface area contributed by atoms with E-state index in [0.29, 0.717) is 23.3 Å². The summed E-state index contributed by atoms with van der Waals surface area (Å²) in [6.45, 7) is 21.9. The van der Waals surface area contributed by atoms with Gasteiger partial charge in [0.15, 0.2) is 0 Å². The molecule has 0 heterocycles. The van der Waals surface area contributed by atoms with Crippen molar-refractivity contribution in [1.29, 1.82) is 0 Å². The number of aliphatic carboxylic acids is 1. The van der Waals surface area contributed by atoms with Gasteiger partial charge in [-0.25, -0.2) is 9.18 Å². The second-order valence-corrected chi connectivity index (χ2v) is 19.0. The van der Waals surface area contributed by atoms with Crippen LogP contribution in [0.1, 0.15) is 142 Å². The highest BCUT2D eigenvalue weighted by Crippen LogP contribution is 2.77. The van der Waals surface area contributed by atoms with E-state index in [1.807, 2.05) is 0 Å². The molecule has 0 amide bonds. The molecule has 6 rings (SSSR count). The van der Waals surface area contributed by atoms with Crippen molar-refractivity contribution in [2.75, 3.05) is 0 Å². The van der Waals surface area contributed by atoms with E-state index in [0.717, 1.165) is 69.8 Å². The largest absolute Gasteiger partial charge is 0.481 e. The van der Waals surface area contributed by atoms with Crippen LogP contribution >= 0.6 is 0 Å². The molecule has 0 aromatic heterocycles. The van der Waals surface area contributed by atoms with Crippen molar-refractivity contribution < 1.29 is 33.7 Å². The SMILES string of the molecule is C=C(C)C1CCC2(c3cc(F)ccc3C(=O)O)CC[C@]3(C)C(CCC4C5(C)CCC(OC(=O)CC(C)(C)C(=O)O)C(C)(C)C5CCC43C)C12. The number of ether oxygens (including phenoxy) is 1. The van der Waals surface area contributed by atoms with E-state index in [2.05, 4.69) is 48.1 Å². The number of carbonyl (C=O) groups excluding carboxylic acids is 1. The summed E-state index contributed by atoms with van der Waals surface area (Å²) in [4.78, 5) is 37.3. The molecule has 10 atom stereocenters. The number of allylic oxidation sites excluding steroid dienone is 1. The molecule has 6 nitrogen and oxygen atoms in total. The first-order valence-electron chi connectivity index (χ1n) is 18.8. The smallest absolute Gasteiger partial charge is 0.335 e. The monoisotopic (exact) mass is 678 g/mol. The van der Waals surface area contributed by atoms with Crippen LogP contribution in [0.5, 0.6) is 0 Å². The molecule has 1 aromatic rings. The summed E-state index contributed by atoms with van der Waals surface area (Å²) in [6.07, 6.45) is 9.30. The highest BCUT2D eigenvalue weighted by Gasteiger charge is 2.71. The summed E-state index contributed by atoms with van der Waals surface area (Å²) in [5.74, 6) is -1.06. The molecule has 270 valence electrons. The number of hydrogen-bond donors (Lipinski definition) is 2. The minimum atomic E-state index is -1.17. The number of carboxylic acid groups (broad SMARTS) is 2. The van der Waals surface area contributed by atoms with Gasteiger partial charge in [-0.15, -0.1) is 0 Å². The van der Waals surface area contributed by atoms with E-state index in [-0.39, 0.29) is 62.8 Å². The molecule has 1 aromatic carbocycles. The lowest BCUT2D eigenvalue weighted by Crippen LogP contribution is -2.67. The molecule has 0 aliphatic heterocycles. The van der Waals surface area contributed by atoms with Crippen molar-refractivity contribution in [2.24, 2.45) is 56.7 Å². The lowest BCUT2D eigenvalue weighted by atomic mass is 9.32. The number of rotatable bonds is 7.